The van der Waals surface area contributed by atoms with E-state index in [-0.39, 0.29) is 17.1 Å². The predicted molar refractivity (Wildman–Crippen MR) is 109 cm³/mol. The number of ether oxygens (including phenoxy) is 1. The molecule has 3 rings (SSSR count). The van der Waals surface area contributed by atoms with E-state index in [1.54, 1.807) is 23.7 Å². The first-order chi connectivity index (χ1) is 13.8. The van der Waals surface area contributed by atoms with Crippen molar-refractivity contribution in [2.24, 2.45) is 0 Å². The molecular weight excluding hydrogens is 444 g/mol. The van der Waals surface area contributed by atoms with Gasteiger partial charge >= 0.3 is 0 Å². The summed E-state index contributed by atoms with van der Waals surface area (Å²) >= 11 is 3.47. The van der Waals surface area contributed by atoms with E-state index in [4.69, 9.17) is 9.15 Å². The maximum absolute atomic E-state index is 12.5. The molecule has 0 fully saturated rings. The molecule has 0 unspecified atom stereocenters. The summed E-state index contributed by atoms with van der Waals surface area (Å²) in [6, 6.07) is 7.45. The standard InChI is InChI=1S/C19H19BrN4O5/c1-4-28-13-5-7-15(16(9-13)24(26)27)21-19(25)17-8-6-14(29-17)10-23-12(3)18(20)11(2)22-23/h5-9H,4,10H2,1-3H3,(H,21,25). The Morgan fingerprint density at radius 2 is 2.10 bits per heavy atom. The van der Waals surface area contributed by atoms with Gasteiger partial charge in [-0.25, -0.2) is 0 Å². The van der Waals surface area contributed by atoms with Gasteiger partial charge < -0.3 is 14.5 Å². The molecule has 0 radical (unpaired) electrons. The van der Waals surface area contributed by atoms with Crippen molar-refractivity contribution >= 4 is 33.2 Å². The van der Waals surface area contributed by atoms with Gasteiger partial charge in [-0.05, 0) is 61.0 Å². The number of nitrogens with zero attached hydrogens (tertiary/aromatic N) is 3. The zero-order valence-electron chi connectivity index (χ0n) is 16.1. The number of aryl methyl sites for hydroxylation is 1. The summed E-state index contributed by atoms with van der Waals surface area (Å²) in [4.78, 5) is 23.3. The molecule has 9 nitrogen and oxygen atoms in total. The number of nitro benzene ring substituents is 1. The van der Waals surface area contributed by atoms with Gasteiger partial charge in [-0.3, -0.25) is 19.6 Å². The van der Waals surface area contributed by atoms with Crippen molar-refractivity contribution in [3.05, 3.63) is 67.8 Å². The predicted octanol–water partition coefficient (Wildman–Crippen LogP) is 4.46. The largest absolute Gasteiger partial charge is 0.494 e. The van der Waals surface area contributed by atoms with E-state index in [2.05, 4.69) is 26.3 Å². The van der Waals surface area contributed by atoms with Crippen molar-refractivity contribution in [3.63, 3.8) is 0 Å². The van der Waals surface area contributed by atoms with Crippen LogP contribution in [0.4, 0.5) is 11.4 Å². The van der Waals surface area contributed by atoms with Gasteiger partial charge in [0.15, 0.2) is 5.76 Å². The van der Waals surface area contributed by atoms with Gasteiger partial charge in [-0.2, -0.15) is 5.10 Å². The number of hydrogen-bond donors (Lipinski definition) is 1. The molecule has 0 aliphatic carbocycles. The Balaban J connectivity index is 1.77. The van der Waals surface area contributed by atoms with Gasteiger partial charge in [0.1, 0.15) is 17.2 Å². The molecule has 2 aromatic heterocycles. The molecule has 0 bridgehead atoms. The number of anilines is 1. The van der Waals surface area contributed by atoms with Crippen LogP contribution < -0.4 is 10.1 Å². The number of carbonyl (C=O) groups is 1. The number of nitro groups is 1. The summed E-state index contributed by atoms with van der Waals surface area (Å²) in [6.07, 6.45) is 0. The van der Waals surface area contributed by atoms with Crippen LogP contribution in [0, 0.1) is 24.0 Å². The minimum absolute atomic E-state index is 0.0452. The second-order valence-electron chi connectivity index (χ2n) is 6.23. The van der Waals surface area contributed by atoms with Crippen LogP contribution >= 0.6 is 15.9 Å². The third kappa shape index (κ3) is 4.48. The van der Waals surface area contributed by atoms with Gasteiger partial charge in [-0.15, -0.1) is 0 Å². The lowest BCUT2D eigenvalue weighted by Crippen LogP contribution is -2.12. The van der Waals surface area contributed by atoms with E-state index in [1.807, 2.05) is 13.8 Å². The average Bonchev–Trinajstić information content (AvgIpc) is 3.24. The van der Waals surface area contributed by atoms with Crippen LogP contribution in [-0.4, -0.2) is 27.2 Å². The number of halogens is 1. The van der Waals surface area contributed by atoms with E-state index in [9.17, 15) is 14.9 Å². The summed E-state index contributed by atoms with van der Waals surface area (Å²) in [5, 5.41) is 18.2. The van der Waals surface area contributed by atoms with Gasteiger partial charge in [-0.1, -0.05) is 0 Å². The van der Waals surface area contributed by atoms with Crippen molar-refractivity contribution < 1.29 is 18.9 Å². The van der Waals surface area contributed by atoms with Crippen LogP contribution in [0.3, 0.4) is 0 Å². The zero-order chi connectivity index (χ0) is 21.1. The van der Waals surface area contributed by atoms with E-state index in [0.717, 1.165) is 15.9 Å². The summed E-state index contributed by atoms with van der Waals surface area (Å²) in [5.41, 5.74) is 1.59. The number of rotatable bonds is 7. The van der Waals surface area contributed by atoms with Crippen LogP contribution in [0.25, 0.3) is 0 Å². The van der Waals surface area contributed by atoms with Crippen molar-refractivity contribution in [1.82, 2.24) is 9.78 Å². The quantitative estimate of drug-likeness (QED) is 0.409. The van der Waals surface area contributed by atoms with Crippen molar-refractivity contribution in [2.45, 2.75) is 27.3 Å². The maximum Gasteiger partial charge on any atom is 0.296 e. The highest BCUT2D eigenvalue weighted by molar-refractivity contribution is 9.10. The molecular formula is C19H19BrN4O5. The lowest BCUT2D eigenvalue weighted by molar-refractivity contribution is -0.384. The number of nitrogens with one attached hydrogen (secondary N) is 1. The van der Waals surface area contributed by atoms with Crippen LogP contribution in [0.2, 0.25) is 0 Å². The number of carbonyl (C=O) groups excluding carboxylic acids is 1. The second-order valence-corrected chi connectivity index (χ2v) is 7.02. The SMILES string of the molecule is CCOc1ccc(NC(=O)c2ccc(Cn3nc(C)c(Br)c3C)o2)c([N+](=O)[O-])c1. The Morgan fingerprint density at radius 1 is 1.34 bits per heavy atom. The van der Waals surface area contributed by atoms with Crippen molar-refractivity contribution in [3.8, 4) is 5.75 Å². The normalized spacial score (nSPS) is 10.8. The molecule has 10 heteroatoms. The molecule has 3 aromatic rings. The highest BCUT2D eigenvalue weighted by atomic mass is 79.9. The van der Waals surface area contributed by atoms with E-state index >= 15 is 0 Å². The molecule has 0 saturated heterocycles. The second kappa shape index (κ2) is 8.48. The Hall–Kier alpha value is -3.14. The van der Waals surface area contributed by atoms with Gasteiger partial charge in [0.05, 0.1) is 40.0 Å². The number of benzene rings is 1. The van der Waals surface area contributed by atoms with Crippen LogP contribution in [0.15, 0.2) is 39.2 Å². The van der Waals surface area contributed by atoms with E-state index < -0.39 is 10.8 Å². The van der Waals surface area contributed by atoms with Crippen molar-refractivity contribution in [1.29, 1.82) is 0 Å². The summed E-state index contributed by atoms with van der Waals surface area (Å²) in [7, 11) is 0. The lowest BCUT2D eigenvalue weighted by Gasteiger charge is -2.07. The third-order valence-electron chi connectivity index (χ3n) is 4.21. The molecule has 0 saturated carbocycles. The number of aromatic nitrogens is 2. The summed E-state index contributed by atoms with van der Waals surface area (Å²) < 4.78 is 13.6. The zero-order valence-corrected chi connectivity index (χ0v) is 17.6. The summed E-state index contributed by atoms with van der Waals surface area (Å²) in [6.45, 7) is 6.32. The topological polar surface area (TPSA) is 112 Å². The van der Waals surface area contributed by atoms with E-state index in [0.29, 0.717) is 24.7 Å². The first-order valence-corrected chi connectivity index (χ1v) is 9.60. The molecule has 152 valence electrons. The molecule has 0 spiro atoms. The number of furan rings is 1. The highest BCUT2D eigenvalue weighted by Gasteiger charge is 2.20. The molecule has 1 N–H and O–H groups in total. The lowest BCUT2D eigenvalue weighted by atomic mass is 10.2. The highest BCUT2D eigenvalue weighted by Crippen LogP contribution is 2.29. The van der Waals surface area contributed by atoms with Crippen LogP contribution in [-0.2, 0) is 6.54 Å². The Kier molecular flexibility index (Phi) is 6.02. The molecule has 1 amide bonds. The Bertz CT molecular complexity index is 1070. The third-order valence-corrected chi connectivity index (χ3v) is 5.36. The molecule has 1 aromatic carbocycles. The van der Waals surface area contributed by atoms with Gasteiger partial charge in [0.2, 0.25) is 0 Å². The molecule has 0 aliphatic rings. The molecule has 2 heterocycles. The van der Waals surface area contributed by atoms with Gasteiger partial charge in [0, 0.05) is 0 Å². The molecule has 0 aliphatic heterocycles. The monoisotopic (exact) mass is 462 g/mol. The van der Waals surface area contributed by atoms with Crippen LogP contribution in [0.5, 0.6) is 5.75 Å². The fraction of sp³-hybridized carbons (Fsp3) is 0.263. The first-order valence-electron chi connectivity index (χ1n) is 8.81. The maximum atomic E-state index is 12.5. The molecule has 29 heavy (non-hydrogen) atoms. The first kappa shape index (κ1) is 20.6. The van der Waals surface area contributed by atoms with Gasteiger partial charge in [0.25, 0.3) is 11.6 Å². The Morgan fingerprint density at radius 3 is 2.72 bits per heavy atom. The van der Waals surface area contributed by atoms with Crippen LogP contribution in [0.1, 0.15) is 34.6 Å². The summed E-state index contributed by atoms with van der Waals surface area (Å²) in [5.74, 6) is 0.352. The minimum atomic E-state index is -0.585. The Labute approximate surface area is 174 Å². The minimum Gasteiger partial charge on any atom is -0.494 e. The fourth-order valence-corrected chi connectivity index (χ4v) is 3.05. The molecule has 0 atom stereocenters. The average molecular weight is 463 g/mol. The van der Waals surface area contributed by atoms with E-state index in [1.165, 1.54) is 18.2 Å². The fourth-order valence-electron chi connectivity index (χ4n) is 2.77. The number of hydrogen-bond acceptors (Lipinski definition) is 6. The van der Waals surface area contributed by atoms with Crippen molar-refractivity contribution in [2.75, 3.05) is 11.9 Å². The smallest absolute Gasteiger partial charge is 0.296 e. The number of amides is 1.